The van der Waals surface area contributed by atoms with E-state index in [1.807, 2.05) is 0 Å². The van der Waals surface area contributed by atoms with E-state index < -0.39 is 17.8 Å². The Balaban J connectivity index is 2.30. The number of morpholine rings is 1. The van der Waals surface area contributed by atoms with E-state index in [9.17, 15) is 9.18 Å². The zero-order valence-corrected chi connectivity index (χ0v) is 8.60. The van der Waals surface area contributed by atoms with Crippen molar-refractivity contribution in [3.8, 4) is 0 Å². The van der Waals surface area contributed by atoms with Crippen LogP contribution in [0, 0.1) is 5.82 Å². The van der Waals surface area contributed by atoms with E-state index in [2.05, 4.69) is 0 Å². The van der Waals surface area contributed by atoms with Gasteiger partial charge in [-0.1, -0.05) is 12.1 Å². The van der Waals surface area contributed by atoms with Crippen molar-refractivity contribution in [3.63, 3.8) is 0 Å². The van der Waals surface area contributed by atoms with E-state index in [4.69, 9.17) is 9.84 Å². The topological polar surface area (TPSA) is 49.8 Å². The van der Waals surface area contributed by atoms with Crippen molar-refractivity contribution in [1.29, 1.82) is 0 Å². The van der Waals surface area contributed by atoms with Crippen LogP contribution in [-0.2, 0) is 9.53 Å². The van der Waals surface area contributed by atoms with Gasteiger partial charge in [-0.2, -0.15) is 0 Å². The molecule has 1 aliphatic rings. The van der Waals surface area contributed by atoms with Gasteiger partial charge < -0.3 is 14.7 Å². The van der Waals surface area contributed by atoms with Crippen LogP contribution in [0.1, 0.15) is 0 Å². The molecule has 1 unspecified atom stereocenters. The van der Waals surface area contributed by atoms with Gasteiger partial charge in [0.05, 0.1) is 18.9 Å². The van der Waals surface area contributed by atoms with E-state index in [1.54, 1.807) is 18.2 Å². The number of hydrogen-bond donors (Lipinski definition) is 1. The van der Waals surface area contributed by atoms with Gasteiger partial charge in [-0.25, -0.2) is 9.18 Å². The van der Waals surface area contributed by atoms with E-state index in [0.717, 1.165) is 0 Å². The molecule has 1 heterocycles. The molecular weight excluding hydrogens is 213 g/mol. The fraction of sp³-hybridized carbons (Fsp3) is 0.364. The average Bonchev–Trinajstić information content (AvgIpc) is 2.29. The van der Waals surface area contributed by atoms with Crippen molar-refractivity contribution in [1.82, 2.24) is 0 Å². The third-order valence-electron chi connectivity index (χ3n) is 2.58. The van der Waals surface area contributed by atoms with Crippen LogP contribution in [0.25, 0.3) is 0 Å². The predicted molar refractivity (Wildman–Crippen MR) is 56.0 cm³/mol. The summed E-state index contributed by atoms with van der Waals surface area (Å²) in [5.74, 6) is -1.40. The highest BCUT2D eigenvalue weighted by atomic mass is 19.1. The summed E-state index contributed by atoms with van der Waals surface area (Å²) in [7, 11) is 0. The van der Waals surface area contributed by atoms with Crippen molar-refractivity contribution in [3.05, 3.63) is 30.1 Å². The van der Waals surface area contributed by atoms with Gasteiger partial charge in [-0.3, -0.25) is 0 Å². The second kappa shape index (κ2) is 4.49. The number of anilines is 1. The Labute approximate surface area is 92.2 Å². The summed E-state index contributed by atoms with van der Waals surface area (Å²) >= 11 is 0. The molecule has 0 saturated carbocycles. The molecule has 16 heavy (non-hydrogen) atoms. The average molecular weight is 225 g/mol. The maximum atomic E-state index is 13.5. The highest BCUT2D eigenvalue weighted by Crippen LogP contribution is 2.22. The van der Waals surface area contributed by atoms with E-state index in [0.29, 0.717) is 18.8 Å². The third kappa shape index (κ3) is 1.99. The van der Waals surface area contributed by atoms with Gasteiger partial charge in [0.2, 0.25) is 0 Å². The number of aliphatic carboxylic acids is 1. The number of carboxylic acids is 1. The first-order chi connectivity index (χ1) is 7.70. The highest BCUT2D eigenvalue weighted by molar-refractivity contribution is 5.78. The Hall–Kier alpha value is -1.62. The molecule has 0 radical (unpaired) electrons. The number of carboxylic acid groups (broad SMARTS) is 1. The van der Waals surface area contributed by atoms with E-state index in [1.165, 1.54) is 11.0 Å². The molecule has 0 aliphatic carbocycles. The number of benzene rings is 1. The molecule has 1 fully saturated rings. The molecule has 2 rings (SSSR count). The number of para-hydroxylation sites is 1. The molecule has 1 aliphatic heterocycles. The molecule has 5 heteroatoms. The molecule has 1 aromatic rings. The number of rotatable bonds is 2. The maximum absolute atomic E-state index is 13.5. The first-order valence-electron chi connectivity index (χ1n) is 5.02. The largest absolute Gasteiger partial charge is 0.480 e. The highest BCUT2D eigenvalue weighted by Gasteiger charge is 2.30. The number of halogens is 1. The molecule has 4 nitrogen and oxygen atoms in total. The number of hydrogen-bond acceptors (Lipinski definition) is 3. The smallest absolute Gasteiger partial charge is 0.328 e. The number of nitrogens with zero attached hydrogens (tertiary/aromatic N) is 1. The molecule has 0 bridgehead atoms. The Morgan fingerprint density at radius 3 is 2.94 bits per heavy atom. The summed E-state index contributed by atoms with van der Waals surface area (Å²) in [6, 6.07) is 5.35. The Bertz CT molecular complexity index is 397. The lowest BCUT2D eigenvalue weighted by atomic mass is 10.2. The van der Waals surface area contributed by atoms with Crippen LogP contribution in [0.4, 0.5) is 10.1 Å². The van der Waals surface area contributed by atoms with Crippen LogP contribution < -0.4 is 4.90 Å². The zero-order valence-electron chi connectivity index (χ0n) is 8.60. The van der Waals surface area contributed by atoms with Crippen LogP contribution in [0.5, 0.6) is 0 Å². The van der Waals surface area contributed by atoms with Gasteiger partial charge in [-0.05, 0) is 12.1 Å². The fourth-order valence-corrected chi connectivity index (χ4v) is 1.78. The van der Waals surface area contributed by atoms with E-state index >= 15 is 0 Å². The molecule has 0 aromatic heterocycles. The predicted octanol–water partition coefficient (Wildman–Crippen LogP) is 1.12. The monoisotopic (exact) mass is 225 g/mol. The maximum Gasteiger partial charge on any atom is 0.328 e. The lowest BCUT2D eigenvalue weighted by Crippen LogP contribution is -2.50. The molecule has 86 valence electrons. The third-order valence-corrected chi connectivity index (χ3v) is 2.58. The van der Waals surface area contributed by atoms with E-state index in [-0.39, 0.29) is 6.61 Å². The molecule has 1 atom stereocenters. The molecular formula is C11H12FNO3. The standard InChI is InChI=1S/C11H12FNO3/c12-8-3-1-2-4-9(8)13-5-6-16-7-10(13)11(14)15/h1-4,10H,5-7H2,(H,14,15). The zero-order chi connectivity index (χ0) is 11.5. The van der Waals surface area contributed by atoms with Crippen molar-refractivity contribution >= 4 is 11.7 Å². The van der Waals surface area contributed by atoms with Crippen molar-refractivity contribution in [2.75, 3.05) is 24.7 Å². The minimum absolute atomic E-state index is 0.0870. The molecule has 1 N–H and O–H groups in total. The summed E-state index contributed by atoms with van der Waals surface area (Å²) in [5.41, 5.74) is 0.318. The molecule has 0 amide bonds. The van der Waals surface area contributed by atoms with Gasteiger partial charge in [-0.15, -0.1) is 0 Å². The van der Waals surface area contributed by atoms with Crippen LogP contribution in [0.15, 0.2) is 24.3 Å². The van der Waals surface area contributed by atoms with Crippen LogP contribution >= 0.6 is 0 Å². The minimum atomic E-state index is -0.997. The van der Waals surface area contributed by atoms with Gasteiger partial charge >= 0.3 is 5.97 Å². The van der Waals surface area contributed by atoms with Crippen LogP contribution in [0.3, 0.4) is 0 Å². The van der Waals surface area contributed by atoms with Crippen molar-refractivity contribution in [2.24, 2.45) is 0 Å². The minimum Gasteiger partial charge on any atom is -0.480 e. The summed E-state index contributed by atoms with van der Waals surface area (Å²) in [6.07, 6.45) is 0. The quantitative estimate of drug-likeness (QED) is 0.819. The first-order valence-corrected chi connectivity index (χ1v) is 5.02. The lowest BCUT2D eigenvalue weighted by molar-refractivity contribution is -0.141. The normalized spacial score (nSPS) is 20.8. The van der Waals surface area contributed by atoms with Crippen LogP contribution in [-0.4, -0.2) is 36.9 Å². The second-order valence-electron chi connectivity index (χ2n) is 3.57. The molecule has 1 aromatic carbocycles. The lowest BCUT2D eigenvalue weighted by Gasteiger charge is -2.34. The summed E-state index contributed by atoms with van der Waals surface area (Å²) in [5, 5.41) is 9.02. The van der Waals surface area contributed by atoms with Crippen molar-refractivity contribution < 1.29 is 19.0 Å². The Kier molecular flexibility index (Phi) is 3.05. The number of carbonyl (C=O) groups is 1. The summed E-state index contributed by atoms with van der Waals surface area (Å²) in [4.78, 5) is 12.5. The van der Waals surface area contributed by atoms with Crippen LogP contribution in [0.2, 0.25) is 0 Å². The summed E-state index contributed by atoms with van der Waals surface area (Å²) < 4.78 is 18.6. The van der Waals surface area contributed by atoms with Crippen molar-refractivity contribution in [2.45, 2.75) is 6.04 Å². The molecule has 1 saturated heterocycles. The van der Waals surface area contributed by atoms with Gasteiger partial charge in [0, 0.05) is 6.54 Å². The first kappa shape index (κ1) is 10.9. The van der Waals surface area contributed by atoms with Gasteiger partial charge in [0.25, 0.3) is 0 Å². The second-order valence-corrected chi connectivity index (χ2v) is 3.57. The molecule has 0 spiro atoms. The fourth-order valence-electron chi connectivity index (χ4n) is 1.78. The Morgan fingerprint density at radius 1 is 1.50 bits per heavy atom. The Morgan fingerprint density at radius 2 is 2.25 bits per heavy atom. The number of ether oxygens (including phenoxy) is 1. The van der Waals surface area contributed by atoms with Gasteiger partial charge in [0.15, 0.2) is 6.04 Å². The van der Waals surface area contributed by atoms with Gasteiger partial charge in [0.1, 0.15) is 5.82 Å². The summed E-state index contributed by atoms with van der Waals surface area (Å²) in [6.45, 7) is 0.889. The SMILES string of the molecule is O=C(O)C1COCCN1c1ccccc1F.